The summed E-state index contributed by atoms with van der Waals surface area (Å²) in [5.41, 5.74) is 2.25. The van der Waals surface area contributed by atoms with Crippen molar-refractivity contribution in [3.8, 4) is 0 Å². The highest BCUT2D eigenvalue weighted by atomic mass is 16.3. The van der Waals surface area contributed by atoms with Gasteiger partial charge in [0, 0.05) is 17.6 Å². The van der Waals surface area contributed by atoms with Gasteiger partial charge in [-0.2, -0.15) is 0 Å². The predicted molar refractivity (Wildman–Crippen MR) is 101 cm³/mol. The maximum Gasteiger partial charge on any atom is 0.251 e. The molecule has 0 aliphatic rings. The molecule has 0 aliphatic carbocycles. The summed E-state index contributed by atoms with van der Waals surface area (Å²) in [5.74, 6) is 0.768. The quantitative estimate of drug-likeness (QED) is 0.713. The standard InChI is InChI=1S/C20H23N3O3/c1-13-9-15-10-14(6-7-16(15)22-20(13)25)11-19(24)21-12-17(23(2)3)18-5-4-8-26-18/h4-10,17H,11-12H2,1-3H3,(H,21,24)(H,22,25). The van der Waals surface area contributed by atoms with E-state index in [1.165, 1.54) is 0 Å². The molecular weight excluding hydrogens is 330 g/mol. The number of aryl methyl sites for hydroxylation is 1. The molecule has 0 bridgehead atoms. The molecule has 2 aromatic heterocycles. The number of fused-ring (bicyclic) bond motifs is 1. The molecule has 0 aliphatic heterocycles. The summed E-state index contributed by atoms with van der Waals surface area (Å²) >= 11 is 0. The molecule has 2 heterocycles. The normalized spacial score (nSPS) is 12.5. The minimum atomic E-state index is -0.0874. The molecule has 6 heteroatoms. The Bertz CT molecular complexity index is 958. The highest BCUT2D eigenvalue weighted by Gasteiger charge is 2.17. The molecule has 26 heavy (non-hydrogen) atoms. The zero-order valence-corrected chi connectivity index (χ0v) is 15.2. The minimum absolute atomic E-state index is 0.0155. The number of furan rings is 1. The third-order valence-corrected chi connectivity index (χ3v) is 4.45. The number of H-pyrrole nitrogens is 1. The second kappa shape index (κ2) is 7.58. The van der Waals surface area contributed by atoms with Crippen molar-refractivity contribution in [1.29, 1.82) is 0 Å². The molecule has 0 fully saturated rings. The number of aromatic amines is 1. The van der Waals surface area contributed by atoms with Gasteiger partial charge in [0.25, 0.3) is 5.56 Å². The lowest BCUT2D eigenvalue weighted by Gasteiger charge is -2.22. The summed E-state index contributed by atoms with van der Waals surface area (Å²) in [6, 6.07) is 11.2. The molecule has 2 N–H and O–H groups in total. The van der Waals surface area contributed by atoms with Gasteiger partial charge < -0.3 is 14.7 Å². The highest BCUT2D eigenvalue weighted by Crippen LogP contribution is 2.18. The number of carbonyl (C=O) groups is 1. The van der Waals surface area contributed by atoms with Gasteiger partial charge in [0.1, 0.15) is 5.76 Å². The van der Waals surface area contributed by atoms with Crippen LogP contribution in [0.5, 0.6) is 0 Å². The lowest BCUT2D eigenvalue weighted by Crippen LogP contribution is -2.35. The number of hydrogen-bond donors (Lipinski definition) is 2. The van der Waals surface area contributed by atoms with E-state index in [9.17, 15) is 9.59 Å². The van der Waals surface area contributed by atoms with E-state index < -0.39 is 0 Å². The molecular formula is C20H23N3O3. The lowest BCUT2D eigenvalue weighted by molar-refractivity contribution is -0.120. The monoisotopic (exact) mass is 353 g/mol. The first-order valence-electron chi connectivity index (χ1n) is 8.53. The summed E-state index contributed by atoms with van der Waals surface area (Å²) in [6.07, 6.45) is 1.92. The second-order valence-electron chi connectivity index (χ2n) is 6.68. The number of benzene rings is 1. The first-order chi connectivity index (χ1) is 12.4. The Morgan fingerprint density at radius 3 is 2.77 bits per heavy atom. The van der Waals surface area contributed by atoms with Crippen molar-refractivity contribution in [3.05, 3.63) is 69.9 Å². The van der Waals surface area contributed by atoms with Crippen molar-refractivity contribution in [1.82, 2.24) is 15.2 Å². The van der Waals surface area contributed by atoms with Crippen LogP contribution in [-0.4, -0.2) is 36.4 Å². The van der Waals surface area contributed by atoms with Crippen LogP contribution in [0.2, 0.25) is 0 Å². The van der Waals surface area contributed by atoms with E-state index in [1.807, 2.05) is 55.4 Å². The fourth-order valence-corrected chi connectivity index (χ4v) is 2.95. The largest absolute Gasteiger partial charge is 0.468 e. The molecule has 0 saturated carbocycles. The average molecular weight is 353 g/mol. The topological polar surface area (TPSA) is 78.3 Å². The Balaban J connectivity index is 1.67. The van der Waals surface area contributed by atoms with Gasteiger partial charge in [0.2, 0.25) is 5.91 Å². The Hall–Kier alpha value is -2.86. The smallest absolute Gasteiger partial charge is 0.251 e. The molecule has 1 atom stereocenters. The zero-order chi connectivity index (χ0) is 18.7. The first-order valence-corrected chi connectivity index (χ1v) is 8.53. The van der Waals surface area contributed by atoms with Gasteiger partial charge in [0.15, 0.2) is 0 Å². The van der Waals surface area contributed by atoms with Crippen LogP contribution >= 0.6 is 0 Å². The third-order valence-electron chi connectivity index (χ3n) is 4.45. The Labute approximate surface area is 151 Å². The number of rotatable bonds is 6. The molecule has 3 aromatic rings. The number of amides is 1. The van der Waals surface area contributed by atoms with E-state index in [0.717, 1.165) is 22.2 Å². The first kappa shape index (κ1) is 17.9. The molecule has 1 unspecified atom stereocenters. The van der Waals surface area contributed by atoms with Crippen molar-refractivity contribution in [3.63, 3.8) is 0 Å². The van der Waals surface area contributed by atoms with Gasteiger partial charge in [0.05, 0.1) is 18.7 Å². The average Bonchev–Trinajstić information content (AvgIpc) is 3.10. The van der Waals surface area contributed by atoms with Crippen molar-refractivity contribution in [2.75, 3.05) is 20.6 Å². The number of nitrogens with zero attached hydrogens (tertiary/aromatic N) is 1. The van der Waals surface area contributed by atoms with E-state index in [1.54, 1.807) is 13.2 Å². The molecule has 136 valence electrons. The number of pyridine rings is 1. The van der Waals surface area contributed by atoms with Gasteiger partial charge in [-0.25, -0.2) is 0 Å². The van der Waals surface area contributed by atoms with Gasteiger partial charge in [-0.15, -0.1) is 0 Å². The van der Waals surface area contributed by atoms with Gasteiger partial charge in [-0.05, 0) is 62.3 Å². The number of aromatic nitrogens is 1. The van der Waals surface area contributed by atoms with Crippen molar-refractivity contribution >= 4 is 16.8 Å². The fourth-order valence-electron chi connectivity index (χ4n) is 2.95. The van der Waals surface area contributed by atoms with E-state index in [2.05, 4.69) is 10.3 Å². The minimum Gasteiger partial charge on any atom is -0.468 e. The number of nitrogens with one attached hydrogen (secondary N) is 2. The molecule has 1 amide bonds. The molecule has 3 rings (SSSR count). The number of likely N-dealkylation sites (N-methyl/N-ethyl adjacent to an activating group) is 1. The van der Waals surface area contributed by atoms with Gasteiger partial charge >= 0.3 is 0 Å². The molecule has 6 nitrogen and oxygen atoms in total. The van der Waals surface area contributed by atoms with Crippen molar-refractivity contribution in [2.24, 2.45) is 0 Å². The number of hydrogen-bond acceptors (Lipinski definition) is 4. The van der Waals surface area contributed by atoms with Crippen LogP contribution in [-0.2, 0) is 11.2 Å². The summed E-state index contributed by atoms with van der Waals surface area (Å²) in [4.78, 5) is 28.9. The summed E-state index contributed by atoms with van der Waals surface area (Å²) in [7, 11) is 3.90. The van der Waals surface area contributed by atoms with Crippen LogP contribution in [0.15, 0.2) is 51.9 Å². The summed E-state index contributed by atoms with van der Waals surface area (Å²) in [5, 5.41) is 3.90. The highest BCUT2D eigenvalue weighted by molar-refractivity contribution is 5.83. The third kappa shape index (κ3) is 4.03. The summed E-state index contributed by atoms with van der Waals surface area (Å²) in [6.45, 7) is 2.24. The van der Waals surface area contributed by atoms with Crippen molar-refractivity contribution < 1.29 is 9.21 Å². The SMILES string of the molecule is Cc1cc2cc(CC(=O)NCC(c3ccco3)N(C)C)ccc2[nH]c1=O. The van der Waals surface area contributed by atoms with Crippen LogP contribution in [0.1, 0.15) is 22.9 Å². The maximum absolute atomic E-state index is 12.3. The second-order valence-corrected chi connectivity index (χ2v) is 6.68. The summed E-state index contributed by atoms with van der Waals surface area (Å²) < 4.78 is 5.45. The van der Waals surface area contributed by atoms with Crippen LogP contribution in [0.4, 0.5) is 0 Å². The molecule has 0 radical (unpaired) electrons. The Kier molecular flexibility index (Phi) is 5.23. The van der Waals surface area contributed by atoms with Crippen LogP contribution in [0.3, 0.4) is 0 Å². The zero-order valence-electron chi connectivity index (χ0n) is 15.2. The van der Waals surface area contributed by atoms with E-state index >= 15 is 0 Å². The Morgan fingerprint density at radius 1 is 1.27 bits per heavy atom. The molecule has 0 spiro atoms. The predicted octanol–water partition coefficient (Wildman–Crippen LogP) is 2.39. The van der Waals surface area contributed by atoms with Crippen molar-refractivity contribution in [2.45, 2.75) is 19.4 Å². The lowest BCUT2D eigenvalue weighted by atomic mass is 10.1. The van der Waals surface area contributed by atoms with E-state index in [0.29, 0.717) is 12.1 Å². The van der Waals surface area contributed by atoms with Gasteiger partial charge in [-0.3, -0.25) is 14.5 Å². The molecule has 0 saturated heterocycles. The Morgan fingerprint density at radius 2 is 2.08 bits per heavy atom. The number of carbonyl (C=O) groups excluding carboxylic acids is 1. The fraction of sp³-hybridized carbons (Fsp3) is 0.300. The van der Waals surface area contributed by atoms with E-state index in [4.69, 9.17) is 4.42 Å². The van der Waals surface area contributed by atoms with E-state index in [-0.39, 0.29) is 23.9 Å². The molecule has 1 aromatic carbocycles. The van der Waals surface area contributed by atoms with Crippen LogP contribution < -0.4 is 10.9 Å². The van der Waals surface area contributed by atoms with Gasteiger partial charge in [-0.1, -0.05) is 6.07 Å². The maximum atomic E-state index is 12.3. The van der Waals surface area contributed by atoms with Crippen LogP contribution in [0, 0.1) is 6.92 Å². The van der Waals surface area contributed by atoms with Crippen LogP contribution in [0.25, 0.3) is 10.9 Å².